The van der Waals surface area contributed by atoms with E-state index < -0.39 is 12.0 Å². The van der Waals surface area contributed by atoms with Gasteiger partial charge >= 0.3 is 5.97 Å². The number of benzene rings is 2. The van der Waals surface area contributed by atoms with Crippen molar-refractivity contribution in [2.45, 2.75) is 31.8 Å². The van der Waals surface area contributed by atoms with Gasteiger partial charge in [-0.05, 0) is 29.5 Å². The lowest BCUT2D eigenvalue weighted by molar-refractivity contribution is -0.151. The summed E-state index contributed by atoms with van der Waals surface area (Å²) in [6.45, 7) is 2.03. The number of hydrogen-bond donors (Lipinski definition) is 1. The van der Waals surface area contributed by atoms with Crippen LogP contribution in [-0.4, -0.2) is 17.2 Å². The molecular formula is C21H22O3. The minimum Gasteiger partial charge on any atom is -0.431 e. The molecule has 1 N–H and O–H groups in total. The molecule has 0 bridgehead atoms. The summed E-state index contributed by atoms with van der Waals surface area (Å²) in [7, 11) is 0. The van der Waals surface area contributed by atoms with Gasteiger partial charge in [-0.25, -0.2) is 0 Å². The summed E-state index contributed by atoms with van der Waals surface area (Å²) in [6, 6.07) is 19.6. The lowest BCUT2D eigenvalue weighted by Gasteiger charge is -2.31. The second-order valence-corrected chi connectivity index (χ2v) is 6.16. The summed E-state index contributed by atoms with van der Waals surface area (Å²) in [4.78, 5) is 12.6. The monoisotopic (exact) mass is 322 g/mol. The fraction of sp³-hybridized carbons (Fsp3) is 0.286. The Morgan fingerprint density at radius 1 is 1.04 bits per heavy atom. The van der Waals surface area contributed by atoms with Crippen LogP contribution in [0.5, 0.6) is 0 Å². The average Bonchev–Trinajstić information content (AvgIpc) is 2.60. The number of rotatable bonds is 5. The Morgan fingerprint density at radius 2 is 1.67 bits per heavy atom. The summed E-state index contributed by atoms with van der Waals surface area (Å²) in [5, 5.41) is 10.6. The number of ether oxygens (including phenoxy) is 1. The standard InChI is InChI=1S/C21H22O3/c1-2-18(16-11-7-4-8-12-16)20-19(22)14-17(24-21(20)23)13-15-9-5-3-6-10-15/h3-12,14,18-20,22H,2,13H2,1H3. The van der Waals surface area contributed by atoms with E-state index in [4.69, 9.17) is 4.74 Å². The lowest BCUT2D eigenvalue weighted by atomic mass is 9.79. The highest BCUT2D eigenvalue weighted by Gasteiger charge is 2.38. The van der Waals surface area contributed by atoms with Crippen molar-refractivity contribution in [3.8, 4) is 0 Å². The first kappa shape index (κ1) is 16.5. The number of aliphatic hydroxyl groups is 1. The highest BCUT2D eigenvalue weighted by Crippen LogP contribution is 2.35. The Kier molecular flexibility index (Phi) is 5.11. The van der Waals surface area contributed by atoms with E-state index in [0.29, 0.717) is 12.2 Å². The molecule has 2 aromatic rings. The van der Waals surface area contributed by atoms with E-state index in [1.165, 1.54) is 0 Å². The minimum absolute atomic E-state index is 0.0526. The summed E-state index contributed by atoms with van der Waals surface area (Å²) in [6.07, 6.45) is 2.14. The van der Waals surface area contributed by atoms with E-state index in [-0.39, 0.29) is 11.9 Å². The van der Waals surface area contributed by atoms with Crippen LogP contribution in [-0.2, 0) is 16.0 Å². The molecule has 1 aliphatic rings. The van der Waals surface area contributed by atoms with Gasteiger partial charge < -0.3 is 9.84 Å². The van der Waals surface area contributed by atoms with E-state index in [9.17, 15) is 9.90 Å². The summed E-state index contributed by atoms with van der Waals surface area (Å²) in [5.41, 5.74) is 2.11. The van der Waals surface area contributed by atoms with Crippen LogP contribution in [0.25, 0.3) is 0 Å². The van der Waals surface area contributed by atoms with Gasteiger partial charge in [0.1, 0.15) is 5.76 Å². The molecule has 3 heteroatoms. The molecule has 3 rings (SSSR count). The van der Waals surface area contributed by atoms with Crippen molar-refractivity contribution in [2.24, 2.45) is 5.92 Å². The molecule has 1 aliphatic heterocycles. The topological polar surface area (TPSA) is 46.5 Å². The highest BCUT2D eigenvalue weighted by molar-refractivity contribution is 5.77. The maximum atomic E-state index is 12.6. The largest absolute Gasteiger partial charge is 0.431 e. The van der Waals surface area contributed by atoms with E-state index in [1.54, 1.807) is 6.08 Å². The molecule has 0 amide bonds. The fourth-order valence-corrected chi connectivity index (χ4v) is 3.36. The van der Waals surface area contributed by atoms with Crippen LogP contribution in [0, 0.1) is 5.92 Å². The molecule has 0 aromatic heterocycles. The average molecular weight is 322 g/mol. The Labute approximate surface area is 142 Å². The molecule has 0 fully saturated rings. The zero-order valence-corrected chi connectivity index (χ0v) is 13.8. The van der Waals surface area contributed by atoms with Crippen LogP contribution in [0.1, 0.15) is 30.4 Å². The zero-order chi connectivity index (χ0) is 16.9. The molecule has 0 radical (unpaired) electrons. The predicted octanol–water partition coefficient (Wildman–Crippen LogP) is 3.84. The minimum atomic E-state index is -0.824. The molecular weight excluding hydrogens is 300 g/mol. The molecule has 3 unspecified atom stereocenters. The van der Waals surface area contributed by atoms with Gasteiger partial charge in [0.15, 0.2) is 0 Å². The third kappa shape index (κ3) is 3.57. The van der Waals surface area contributed by atoms with Crippen LogP contribution in [0.4, 0.5) is 0 Å². The molecule has 3 atom stereocenters. The van der Waals surface area contributed by atoms with Crippen LogP contribution >= 0.6 is 0 Å². The van der Waals surface area contributed by atoms with Gasteiger partial charge in [0.25, 0.3) is 0 Å². The second-order valence-electron chi connectivity index (χ2n) is 6.16. The van der Waals surface area contributed by atoms with Gasteiger partial charge in [-0.2, -0.15) is 0 Å². The number of carbonyl (C=O) groups excluding carboxylic acids is 1. The van der Waals surface area contributed by atoms with Crippen LogP contribution in [0.2, 0.25) is 0 Å². The Balaban J connectivity index is 1.80. The van der Waals surface area contributed by atoms with Crippen molar-refractivity contribution in [2.75, 3.05) is 0 Å². The summed E-state index contributed by atoms with van der Waals surface area (Å²) >= 11 is 0. The van der Waals surface area contributed by atoms with Gasteiger partial charge in [-0.3, -0.25) is 4.79 Å². The Hall–Kier alpha value is -2.39. The van der Waals surface area contributed by atoms with Gasteiger partial charge in [0, 0.05) is 6.42 Å². The SMILES string of the molecule is CCC(c1ccccc1)C1C(=O)OC(Cc2ccccc2)=CC1O. The number of cyclic esters (lactones) is 1. The van der Waals surface area contributed by atoms with Crippen molar-refractivity contribution < 1.29 is 14.6 Å². The quantitative estimate of drug-likeness (QED) is 0.851. The van der Waals surface area contributed by atoms with Crippen molar-refractivity contribution >= 4 is 5.97 Å². The molecule has 24 heavy (non-hydrogen) atoms. The normalized spacial score (nSPS) is 21.8. The maximum Gasteiger partial charge on any atom is 0.317 e. The van der Waals surface area contributed by atoms with Crippen LogP contribution < -0.4 is 0 Å². The zero-order valence-electron chi connectivity index (χ0n) is 13.8. The smallest absolute Gasteiger partial charge is 0.317 e. The van der Waals surface area contributed by atoms with Gasteiger partial charge in [0.05, 0.1) is 12.0 Å². The van der Waals surface area contributed by atoms with Crippen molar-refractivity contribution in [1.82, 2.24) is 0 Å². The van der Waals surface area contributed by atoms with E-state index in [2.05, 4.69) is 0 Å². The van der Waals surface area contributed by atoms with Gasteiger partial charge in [0.2, 0.25) is 0 Å². The Bertz CT molecular complexity index is 706. The number of carbonyl (C=O) groups is 1. The van der Waals surface area contributed by atoms with Crippen molar-refractivity contribution in [3.05, 3.63) is 83.6 Å². The molecule has 0 spiro atoms. The van der Waals surface area contributed by atoms with Gasteiger partial charge in [-0.1, -0.05) is 67.6 Å². The molecule has 124 valence electrons. The highest BCUT2D eigenvalue weighted by atomic mass is 16.5. The third-order valence-corrected chi connectivity index (χ3v) is 4.55. The number of allylic oxidation sites excluding steroid dienone is 1. The van der Waals surface area contributed by atoms with Crippen molar-refractivity contribution in [3.63, 3.8) is 0 Å². The van der Waals surface area contributed by atoms with Crippen molar-refractivity contribution in [1.29, 1.82) is 0 Å². The molecule has 1 heterocycles. The lowest BCUT2D eigenvalue weighted by Crippen LogP contribution is -2.37. The van der Waals surface area contributed by atoms with E-state index in [1.807, 2.05) is 67.6 Å². The second kappa shape index (κ2) is 7.45. The van der Waals surface area contributed by atoms with E-state index >= 15 is 0 Å². The third-order valence-electron chi connectivity index (χ3n) is 4.55. The maximum absolute atomic E-state index is 12.6. The molecule has 3 nitrogen and oxygen atoms in total. The van der Waals surface area contributed by atoms with E-state index in [0.717, 1.165) is 17.5 Å². The molecule has 2 aromatic carbocycles. The number of hydrogen-bond acceptors (Lipinski definition) is 3. The van der Waals surface area contributed by atoms with Crippen LogP contribution in [0.15, 0.2) is 72.5 Å². The number of aliphatic hydroxyl groups excluding tert-OH is 1. The molecule has 0 saturated heterocycles. The summed E-state index contributed by atoms with van der Waals surface area (Å²) in [5.74, 6) is -0.426. The summed E-state index contributed by atoms with van der Waals surface area (Å²) < 4.78 is 5.54. The molecule has 0 aliphatic carbocycles. The Morgan fingerprint density at radius 3 is 2.25 bits per heavy atom. The molecule has 0 saturated carbocycles. The van der Waals surface area contributed by atoms with Crippen LogP contribution in [0.3, 0.4) is 0 Å². The van der Waals surface area contributed by atoms with Gasteiger partial charge in [-0.15, -0.1) is 0 Å². The first-order chi connectivity index (χ1) is 11.7. The first-order valence-corrected chi connectivity index (χ1v) is 8.38. The predicted molar refractivity (Wildman–Crippen MR) is 93.3 cm³/mol. The number of esters is 1. The fourth-order valence-electron chi connectivity index (χ4n) is 3.36. The first-order valence-electron chi connectivity index (χ1n) is 8.38.